The van der Waals surface area contributed by atoms with Crippen LogP contribution < -0.4 is 16.0 Å². The zero-order chi connectivity index (χ0) is 32.8. The number of halogens is 3. The van der Waals surface area contributed by atoms with Crippen LogP contribution in [-0.4, -0.2) is 74.2 Å². The SMILES string of the molecule is O=C(NC(CNC(=O)c1ccc2c(cnn2CCCNc2ccccn2)c1)C(=O)O)OCc1ccccc1.O=C(O)C(F)(F)F. The summed E-state index contributed by atoms with van der Waals surface area (Å²) in [7, 11) is 0. The Morgan fingerprint density at radius 2 is 1.69 bits per heavy atom. The van der Waals surface area contributed by atoms with Gasteiger partial charge in [0.05, 0.1) is 11.7 Å². The molecule has 2 amide bonds. The third-order valence-electron chi connectivity index (χ3n) is 5.93. The van der Waals surface area contributed by atoms with E-state index in [9.17, 15) is 32.7 Å². The van der Waals surface area contributed by atoms with Gasteiger partial charge in [-0.05, 0) is 42.3 Å². The molecule has 0 saturated heterocycles. The van der Waals surface area contributed by atoms with Gasteiger partial charge >= 0.3 is 24.2 Å². The first kappa shape index (κ1) is 33.8. The van der Waals surface area contributed by atoms with Crippen LogP contribution >= 0.6 is 0 Å². The fourth-order valence-electron chi connectivity index (χ4n) is 3.72. The van der Waals surface area contributed by atoms with E-state index in [0.29, 0.717) is 12.1 Å². The molecule has 2 aromatic carbocycles. The summed E-state index contributed by atoms with van der Waals surface area (Å²) in [5, 5.41) is 29.8. The van der Waals surface area contributed by atoms with E-state index >= 15 is 0 Å². The van der Waals surface area contributed by atoms with Crippen molar-refractivity contribution in [3.63, 3.8) is 0 Å². The Balaban J connectivity index is 0.000000707. The van der Waals surface area contributed by atoms with Crippen molar-refractivity contribution in [1.29, 1.82) is 0 Å². The molecule has 0 aliphatic heterocycles. The average molecular weight is 631 g/mol. The van der Waals surface area contributed by atoms with Crippen molar-refractivity contribution in [3.05, 3.63) is 90.3 Å². The first-order valence-electron chi connectivity index (χ1n) is 13.3. The van der Waals surface area contributed by atoms with E-state index in [1.807, 2.05) is 28.9 Å². The second-order valence-electron chi connectivity index (χ2n) is 9.25. The molecule has 0 bridgehead atoms. The molecule has 0 fully saturated rings. The quantitative estimate of drug-likeness (QED) is 0.145. The lowest BCUT2D eigenvalue weighted by molar-refractivity contribution is -0.192. The fraction of sp³-hybridized carbons (Fsp3) is 0.241. The fourth-order valence-corrected chi connectivity index (χ4v) is 3.72. The summed E-state index contributed by atoms with van der Waals surface area (Å²) in [6, 6.07) is 18.5. The van der Waals surface area contributed by atoms with Crippen LogP contribution in [0.5, 0.6) is 0 Å². The Bertz CT molecular complexity index is 1580. The average Bonchev–Trinajstić information content (AvgIpc) is 3.43. The van der Waals surface area contributed by atoms with E-state index in [4.69, 9.17) is 14.6 Å². The summed E-state index contributed by atoms with van der Waals surface area (Å²) in [6.07, 6.45) is -1.73. The molecule has 5 N–H and O–H groups in total. The zero-order valence-corrected chi connectivity index (χ0v) is 23.5. The molecule has 2 heterocycles. The number of aliphatic carboxylic acids is 2. The number of carbonyl (C=O) groups is 4. The van der Waals surface area contributed by atoms with Gasteiger partial charge in [-0.3, -0.25) is 9.48 Å². The highest BCUT2D eigenvalue weighted by atomic mass is 19.4. The van der Waals surface area contributed by atoms with Gasteiger partial charge in [0.25, 0.3) is 5.91 Å². The van der Waals surface area contributed by atoms with Gasteiger partial charge < -0.3 is 30.9 Å². The van der Waals surface area contributed by atoms with Gasteiger partial charge in [-0.25, -0.2) is 19.4 Å². The predicted molar refractivity (Wildman–Crippen MR) is 154 cm³/mol. The molecule has 0 aliphatic rings. The summed E-state index contributed by atoms with van der Waals surface area (Å²) >= 11 is 0. The number of hydrogen-bond acceptors (Lipinski definition) is 8. The number of aryl methyl sites for hydroxylation is 1. The third kappa shape index (κ3) is 11.2. The van der Waals surface area contributed by atoms with Crippen molar-refractivity contribution >= 4 is 40.7 Å². The predicted octanol–water partition coefficient (Wildman–Crippen LogP) is 3.68. The Labute approximate surface area is 254 Å². The van der Waals surface area contributed by atoms with Gasteiger partial charge in [0.2, 0.25) is 0 Å². The number of benzene rings is 2. The minimum Gasteiger partial charge on any atom is -0.480 e. The normalized spacial score (nSPS) is 11.4. The number of pyridine rings is 1. The van der Waals surface area contributed by atoms with E-state index in [2.05, 4.69) is 26.0 Å². The second-order valence-corrected chi connectivity index (χ2v) is 9.25. The lowest BCUT2D eigenvalue weighted by Crippen LogP contribution is -2.48. The number of carbonyl (C=O) groups excluding carboxylic acids is 2. The van der Waals surface area contributed by atoms with Crippen LogP contribution in [0.1, 0.15) is 22.3 Å². The van der Waals surface area contributed by atoms with E-state index < -0.39 is 36.2 Å². The number of nitrogens with zero attached hydrogens (tertiary/aromatic N) is 3. The van der Waals surface area contributed by atoms with Crippen LogP contribution in [0.2, 0.25) is 0 Å². The highest BCUT2D eigenvalue weighted by Gasteiger charge is 2.38. The first-order valence-corrected chi connectivity index (χ1v) is 13.3. The molecule has 0 radical (unpaired) electrons. The number of alkyl halides is 3. The Morgan fingerprint density at radius 3 is 2.33 bits per heavy atom. The standard InChI is InChI=1S/C27H28N6O5.C2HF3O2/c34-25(30-17-22(26(35)36)32-27(37)38-18-19-7-2-1-3-8-19)20-10-11-23-21(15-20)16-31-33(23)14-6-13-29-24-9-4-5-12-28-24;3-2(4,5)1(6)7/h1-5,7-12,15-16,22H,6,13-14,17-18H2,(H,28,29)(H,30,34)(H,32,37)(H,35,36);(H,6,7). The highest BCUT2D eigenvalue weighted by Crippen LogP contribution is 2.17. The van der Waals surface area contributed by atoms with E-state index in [1.165, 1.54) is 0 Å². The smallest absolute Gasteiger partial charge is 0.480 e. The van der Waals surface area contributed by atoms with Gasteiger partial charge in [0, 0.05) is 36.8 Å². The Kier molecular flexibility index (Phi) is 12.2. The number of rotatable bonds is 12. The van der Waals surface area contributed by atoms with Crippen LogP contribution in [-0.2, 0) is 27.5 Å². The Hall–Kier alpha value is -5.67. The van der Waals surface area contributed by atoms with Crippen molar-refractivity contribution in [3.8, 4) is 0 Å². The molecular weight excluding hydrogens is 601 g/mol. The van der Waals surface area contributed by atoms with Gasteiger partial charge in [-0.1, -0.05) is 36.4 Å². The number of nitrogens with one attached hydrogen (secondary N) is 3. The van der Waals surface area contributed by atoms with E-state index in [0.717, 1.165) is 35.2 Å². The molecule has 238 valence electrons. The van der Waals surface area contributed by atoms with Crippen molar-refractivity contribution < 1.29 is 47.3 Å². The maximum absolute atomic E-state index is 12.7. The summed E-state index contributed by atoms with van der Waals surface area (Å²) in [5.41, 5.74) is 2.00. The minimum atomic E-state index is -5.08. The van der Waals surface area contributed by atoms with Crippen LogP contribution in [0, 0.1) is 0 Å². The second kappa shape index (κ2) is 16.3. The Morgan fingerprint density at radius 1 is 0.978 bits per heavy atom. The van der Waals surface area contributed by atoms with Gasteiger partial charge in [-0.15, -0.1) is 0 Å². The van der Waals surface area contributed by atoms with Gasteiger partial charge in [-0.2, -0.15) is 18.3 Å². The molecule has 4 rings (SSSR count). The van der Waals surface area contributed by atoms with Gasteiger partial charge in [0.1, 0.15) is 18.5 Å². The zero-order valence-electron chi connectivity index (χ0n) is 23.5. The summed E-state index contributed by atoms with van der Waals surface area (Å²) in [4.78, 5) is 49.4. The number of carboxylic acid groups (broad SMARTS) is 2. The molecule has 0 spiro atoms. The van der Waals surface area contributed by atoms with Gasteiger partial charge in [0.15, 0.2) is 0 Å². The number of anilines is 1. The van der Waals surface area contributed by atoms with Crippen LogP contribution in [0.25, 0.3) is 10.9 Å². The lowest BCUT2D eigenvalue weighted by Gasteiger charge is -2.15. The molecule has 1 unspecified atom stereocenters. The number of alkyl carbamates (subject to hydrolysis) is 1. The lowest BCUT2D eigenvalue weighted by atomic mass is 10.1. The molecule has 16 heteroatoms. The number of ether oxygens (including phenoxy) is 1. The van der Waals surface area contributed by atoms with E-state index in [1.54, 1.807) is 54.9 Å². The monoisotopic (exact) mass is 630 g/mol. The molecule has 0 saturated carbocycles. The summed E-state index contributed by atoms with van der Waals surface area (Å²) in [5.74, 6) is -3.70. The molecular formula is C29H29F3N6O7. The summed E-state index contributed by atoms with van der Waals surface area (Å²) in [6.45, 7) is 1.10. The minimum absolute atomic E-state index is 0.000184. The van der Waals surface area contributed by atoms with Crippen LogP contribution in [0.15, 0.2) is 79.1 Å². The molecule has 2 aromatic heterocycles. The molecule has 1 atom stereocenters. The molecule has 0 aliphatic carbocycles. The van der Waals surface area contributed by atoms with Crippen molar-refractivity contribution in [2.45, 2.75) is 31.8 Å². The summed E-state index contributed by atoms with van der Waals surface area (Å²) < 4.78 is 38.7. The highest BCUT2D eigenvalue weighted by molar-refractivity contribution is 5.98. The van der Waals surface area contributed by atoms with Crippen molar-refractivity contribution in [2.75, 3.05) is 18.4 Å². The molecule has 45 heavy (non-hydrogen) atoms. The first-order chi connectivity index (χ1) is 21.4. The maximum atomic E-state index is 12.7. The largest absolute Gasteiger partial charge is 0.490 e. The number of amides is 2. The number of aromatic nitrogens is 3. The molecule has 4 aromatic rings. The number of carboxylic acids is 2. The topological polar surface area (TPSA) is 185 Å². The van der Waals surface area contributed by atoms with Crippen LogP contribution in [0.4, 0.5) is 23.8 Å². The van der Waals surface area contributed by atoms with Crippen molar-refractivity contribution in [2.24, 2.45) is 0 Å². The number of hydrogen-bond donors (Lipinski definition) is 5. The van der Waals surface area contributed by atoms with Crippen LogP contribution in [0.3, 0.4) is 0 Å². The number of fused-ring (bicyclic) bond motifs is 1. The molecule has 13 nitrogen and oxygen atoms in total. The van der Waals surface area contributed by atoms with E-state index in [-0.39, 0.29) is 13.2 Å². The maximum Gasteiger partial charge on any atom is 0.490 e. The third-order valence-corrected chi connectivity index (χ3v) is 5.93. The van der Waals surface area contributed by atoms with Crippen molar-refractivity contribution in [1.82, 2.24) is 25.4 Å².